The summed E-state index contributed by atoms with van der Waals surface area (Å²) in [5.74, 6) is -0.706. The van der Waals surface area contributed by atoms with Crippen LogP contribution in [0.15, 0.2) is 50.1 Å². The fourth-order valence-electron chi connectivity index (χ4n) is 0.610. The summed E-state index contributed by atoms with van der Waals surface area (Å²) in [6.07, 6.45) is 4.57. The Bertz CT molecular complexity index is 322. The Hall–Kier alpha value is -2.14. The Morgan fingerprint density at radius 2 is 1.57 bits per heavy atom. The van der Waals surface area contributed by atoms with Crippen LogP contribution in [0.1, 0.15) is 13.8 Å². The van der Waals surface area contributed by atoms with E-state index in [0.717, 1.165) is 6.08 Å². The van der Waals surface area contributed by atoms with Crippen molar-refractivity contribution in [2.75, 3.05) is 26.9 Å². The third-order valence-electron chi connectivity index (χ3n) is 1.46. The Balaban J connectivity index is -0.000000231. The predicted octanol–water partition coefficient (Wildman–Crippen LogP) is 2.85. The summed E-state index contributed by atoms with van der Waals surface area (Å²) < 4.78 is 13.6. The van der Waals surface area contributed by atoms with E-state index in [1.54, 1.807) is 26.0 Å². The molecule has 0 atom stereocenters. The molecule has 0 spiro atoms. The lowest BCUT2D eigenvalue weighted by molar-refractivity contribution is -0.137. The minimum atomic E-state index is -0.359. The molecule has 0 aliphatic heterocycles. The van der Waals surface area contributed by atoms with E-state index in [-0.39, 0.29) is 11.9 Å². The number of hydrogen-bond acceptors (Lipinski definition) is 5. The molecular weight excluding hydrogens is 272 g/mol. The van der Waals surface area contributed by atoms with Crippen molar-refractivity contribution in [2.24, 2.45) is 0 Å². The van der Waals surface area contributed by atoms with E-state index in [1.165, 1.54) is 7.11 Å². The molecule has 0 aliphatic carbocycles. The zero-order valence-electron chi connectivity index (χ0n) is 13.2. The lowest BCUT2D eigenvalue weighted by Crippen LogP contribution is -1.98. The second-order valence-corrected chi connectivity index (χ2v) is 3.34. The second-order valence-electron chi connectivity index (χ2n) is 3.34. The van der Waals surface area contributed by atoms with E-state index in [0.29, 0.717) is 25.4 Å². The first-order chi connectivity index (χ1) is 9.90. The first kappa shape index (κ1) is 23.9. The van der Waals surface area contributed by atoms with Crippen LogP contribution in [0.4, 0.5) is 0 Å². The molecule has 5 heteroatoms. The van der Waals surface area contributed by atoms with E-state index in [2.05, 4.69) is 35.8 Å². The van der Waals surface area contributed by atoms with Gasteiger partial charge in [-0.05, 0) is 13.8 Å². The topological polar surface area (TPSA) is 61.8 Å². The maximum absolute atomic E-state index is 10.2. The third-order valence-corrected chi connectivity index (χ3v) is 1.46. The molecule has 0 amide bonds. The Morgan fingerprint density at radius 1 is 1.10 bits per heavy atom. The zero-order chi connectivity index (χ0) is 17.1. The SMILES string of the molecule is C=C(C)C(=O)OC.C=CC(=O)OCC.C=CCOCC=C. The average Bonchev–Trinajstić information content (AvgIpc) is 2.48. The highest BCUT2D eigenvalue weighted by atomic mass is 16.5. The largest absolute Gasteiger partial charge is 0.466 e. The molecule has 0 rings (SSSR count). The fourth-order valence-corrected chi connectivity index (χ4v) is 0.610. The van der Waals surface area contributed by atoms with E-state index < -0.39 is 0 Å². The van der Waals surface area contributed by atoms with Gasteiger partial charge in [0.1, 0.15) is 0 Å². The maximum Gasteiger partial charge on any atom is 0.332 e. The summed E-state index contributed by atoms with van der Waals surface area (Å²) in [4.78, 5) is 20.3. The monoisotopic (exact) mass is 298 g/mol. The molecule has 0 N–H and O–H groups in total. The third kappa shape index (κ3) is 27.2. The van der Waals surface area contributed by atoms with Gasteiger partial charge in [0.2, 0.25) is 0 Å². The molecule has 0 saturated heterocycles. The molecule has 21 heavy (non-hydrogen) atoms. The number of ether oxygens (including phenoxy) is 3. The summed E-state index contributed by atoms with van der Waals surface area (Å²) in [6, 6.07) is 0. The van der Waals surface area contributed by atoms with Crippen LogP contribution >= 0.6 is 0 Å². The minimum absolute atomic E-state index is 0.347. The van der Waals surface area contributed by atoms with Crippen LogP contribution in [0.2, 0.25) is 0 Å². The molecule has 0 heterocycles. The molecule has 0 saturated carbocycles. The van der Waals surface area contributed by atoms with Crippen LogP contribution < -0.4 is 0 Å². The minimum Gasteiger partial charge on any atom is -0.466 e. The molecule has 0 radical (unpaired) electrons. The van der Waals surface area contributed by atoms with E-state index in [4.69, 9.17) is 4.74 Å². The predicted molar refractivity (Wildman–Crippen MR) is 84.9 cm³/mol. The molecule has 0 aromatic rings. The molecule has 0 fully saturated rings. The molecule has 0 aromatic heterocycles. The molecule has 0 bridgehead atoms. The van der Waals surface area contributed by atoms with Gasteiger partial charge in [0.25, 0.3) is 0 Å². The Labute approximate surface area is 127 Å². The molecule has 5 nitrogen and oxygen atoms in total. The maximum atomic E-state index is 10.2. The van der Waals surface area contributed by atoms with Crippen molar-refractivity contribution in [2.45, 2.75) is 13.8 Å². The van der Waals surface area contributed by atoms with Crippen molar-refractivity contribution in [3.8, 4) is 0 Å². The molecular formula is C16H26O5. The standard InChI is InChI=1S/C6H10O.2C5H8O2/c1-3-5-7-6-4-2;1-4(2)5(6)7-3;1-3-5(6)7-4-2/h3-4H,1-2,5-6H2;1H2,2-3H3;3H,1,4H2,2H3. The highest BCUT2D eigenvalue weighted by Gasteiger charge is 1.95. The van der Waals surface area contributed by atoms with Crippen LogP contribution in [0.3, 0.4) is 0 Å². The van der Waals surface area contributed by atoms with Crippen molar-refractivity contribution >= 4 is 11.9 Å². The molecule has 0 unspecified atom stereocenters. The van der Waals surface area contributed by atoms with Gasteiger partial charge >= 0.3 is 11.9 Å². The number of carbonyl (C=O) groups is 2. The van der Waals surface area contributed by atoms with Crippen molar-refractivity contribution in [3.63, 3.8) is 0 Å². The number of carbonyl (C=O) groups excluding carboxylic acids is 2. The number of rotatable bonds is 7. The van der Waals surface area contributed by atoms with Crippen molar-refractivity contribution in [1.82, 2.24) is 0 Å². The average molecular weight is 298 g/mol. The van der Waals surface area contributed by atoms with Crippen LogP contribution in [0.25, 0.3) is 0 Å². The van der Waals surface area contributed by atoms with Crippen molar-refractivity contribution in [1.29, 1.82) is 0 Å². The van der Waals surface area contributed by atoms with Crippen LogP contribution in [-0.4, -0.2) is 38.9 Å². The first-order valence-electron chi connectivity index (χ1n) is 6.23. The van der Waals surface area contributed by atoms with Gasteiger partial charge in [-0.1, -0.05) is 25.3 Å². The second kappa shape index (κ2) is 20.2. The van der Waals surface area contributed by atoms with Crippen molar-refractivity contribution in [3.05, 3.63) is 50.1 Å². The number of methoxy groups -OCH3 is 1. The Kier molecular flexibility index (Phi) is 23.0. The van der Waals surface area contributed by atoms with Gasteiger partial charge in [0.15, 0.2) is 0 Å². The van der Waals surface area contributed by atoms with Gasteiger partial charge in [-0.2, -0.15) is 0 Å². The van der Waals surface area contributed by atoms with E-state index in [9.17, 15) is 9.59 Å². The van der Waals surface area contributed by atoms with Gasteiger partial charge in [0, 0.05) is 11.6 Å². The normalized spacial score (nSPS) is 7.76. The molecule has 120 valence electrons. The molecule has 0 aliphatic rings. The summed E-state index contributed by atoms with van der Waals surface area (Å²) in [5.41, 5.74) is 0.433. The van der Waals surface area contributed by atoms with Gasteiger partial charge in [-0.3, -0.25) is 0 Å². The quantitative estimate of drug-likeness (QED) is 0.313. The number of esters is 2. The smallest absolute Gasteiger partial charge is 0.332 e. The van der Waals surface area contributed by atoms with E-state index in [1.807, 2.05) is 0 Å². The van der Waals surface area contributed by atoms with Gasteiger partial charge in [0.05, 0.1) is 26.9 Å². The highest BCUT2D eigenvalue weighted by Crippen LogP contribution is 1.87. The lowest BCUT2D eigenvalue weighted by atomic mass is 10.4. The van der Waals surface area contributed by atoms with E-state index >= 15 is 0 Å². The van der Waals surface area contributed by atoms with Crippen LogP contribution in [-0.2, 0) is 23.8 Å². The summed E-state index contributed by atoms with van der Waals surface area (Å²) in [6.45, 7) is 18.5. The number of hydrogen-bond donors (Lipinski definition) is 0. The van der Waals surface area contributed by atoms with Crippen molar-refractivity contribution < 1.29 is 23.8 Å². The first-order valence-corrected chi connectivity index (χ1v) is 6.23. The fraction of sp³-hybridized carbons (Fsp3) is 0.375. The zero-order valence-corrected chi connectivity index (χ0v) is 13.2. The van der Waals surface area contributed by atoms with Gasteiger partial charge in [-0.15, -0.1) is 13.2 Å². The van der Waals surface area contributed by atoms with Crippen LogP contribution in [0.5, 0.6) is 0 Å². The summed E-state index contributed by atoms with van der Waals surface area (Å²) >= 11 is 0. The van der Waals surface area contributed by atoms with Crippen LogP contribution in [0, 0.1) is 0 Å². The molecule has 0 aromatic carbocycles. The highest BCUT2D eigenvalue weighted by molar-refractivity contribution is 5.86. The lowest BCUT2D eigenvalue weighted by Gasteiger charge is -1.91. The summed E-state index contributed by atoms with van der Waals surface area (Å²) in [5, 5.41) is 0. The summed E-state index contributed by atoms with van der Waals surface area (Å²) in [7, 11) is 1.33. The van der Waals surface area contributed by atoms with Gasteiger partial charge in [-0.25, -0.2) is 9.59 Å². The van der Waals surface area contributed by atoms with Gasteiger partial charge < -0.3 is 14.2 Å². The Morgan fingerprint density at radius 3 is 1.71 bits per heavy atom.